The van der Waals surface area contributed by atoms with Crippen molar-refractivity contribution < 1.29 is 0 Å². The minimum atomic E-state index is 0.493. The van der Waals surface area contributed by atoms with Gasteiger partial charge in [-0.05, 0) is 18.6 Å². The van der Waals surface area contributed by atoms with Gasteiger partial charge in [0, 0.05) is 30.7 Å². The van der Waals surface area contributed by atoms with Crippen LogP contribution in [0.15, 0.2) is 29.1 Å². The predicted octanol–water partition coefficient (Wildman–Crippen LogP) is 3.59. The van der Waals surface area contributed by atoms with Crippen molar-refractivity contribution in [2.24, 2.45) is 0 Å². The van der Waals surface area contributed by atoms with Crippen LogP contribution in [-0.2, 0) is 13.1 Å². The number of aryl methyl sites for hydroxylation is 1. The minimum absolute atomic E-state index is 0.493. The van der Waals surface area contributed by atoms with E-state index in [1.54, 1.807) is 11.3 Å². The molecule has 0 spiro atoms. The van der Waals surface area contributed by atoms with Gasteiger partial charge in [-0.15, -0.1) is 11.3 Å². The molecule has 3 nitrogen and oxygen atoms in total. The predicted molar refractivity (Wildman–Crippen MR) is 87.4 cm³/mol. The second-order valence-corrected chi connectivity index (χ2v) is 6.22. The fraction of sp³-hybridized carbons (Fsp3) is 0.438. The van der Waals surface area contributed by atoms with Gasteiger partial charge < -0.3 is 10.2 Å². The van der Waals surface area contributed by atoms with Gasteiger partial charge in [-0.25, -0.2) is 4.98 Å². The van der Waals surface area contributed by atoms with Crippen LogP contribution in [0.1, 0.15) is 30.7 Å². The first kappa shape index (κ1) is 15.0. The Kier molecular flexibility index (Phi) is 5.15. The summed E-state index contributed by atoms with van der Waals surface area (Å²) in [6.45, 7) is 8.24. The maximum absolute atomic E-state index is 4.36. The first-order chi connectivity index (χ1) is 9.56. The number of anilines is 1. The lowest BCUT2D eigenvalue weighted by Gasteiger charge is -2.23. The first-order valence-electron chi connectivity index (χ1n) is 6.97. The third-order valence-electron chi connectivity index (χ3n) is 3.23. The molecule has 0 bridgehead atoms. The normalized spacial score (nSPS) is 11.1. The van der Waals surface area contributed by atoms with Gasteiger partial charge in [0.2, 0.25) is 0 Å². The smallest absolute Gasteiger partial charge is 0.0795 e. The van der Waals surface area contributed by atoms with Crippen LogP contribution >= 0.6 is 11.3 Å². The topological polar surface area (TPSA) is 28.2 Å². The molecule has 0 atom stereocenters. The van der Waals surface area contributed by atoms with E-state index in [9.17, 15) is 0 Å². The highest BCUT2D eigenvalue weighted by molar-refractivity contribution is 7.07. The zero-order chi connectivity index (χ0) is 14.5. The van der Waals surface area contributed by atoms with E-state index >= 15 is 0 Å². The van der Waals surface area contributed by atoms with E-state index in [2.05, 4.69) is 66.6 Å². The second kappa shape index (κ2) is 6.86. The van der Waals surface area contributed by atoms with Crippen molar-refractivity contribution in [2.75, 3.05) is 11.9 Å². The number of nitrogens with zero attached hydrogens (tertiary/aromatic N) is 2. The van der Waals surface area contributed by atoms with Crippen molar-refractivity contribution in [1.29, 1.82) is 0 Å². The van der Waals surface area contributed by atoms with Gasteiger partial charge in [-0.3, -0.25) is 0 Å². The summed E-state index contributed by atoms with van der Waals surface area (Å²) in [6.07, 6.45) is 0. The maximum Gasteiger partial charge on any atom is 0.0795 e. The van der Waals surface area contributed by atoms with Crippen LogP contribution < -0.4 is 10.2 Å². The Morgan fingerprint density at radius 3 is 2.80 bits per heavy atom. The van der Waals surface area contributed by atoms with E-state index in [1.165, 1.54) is 16.8 Å². The van der Waals surface area contributed by atoms with Crippen LogP contribution in [0.4, 0.5) is 5.69 Å². The van der Waals surface area contributed by atoms with Gasteiger partial charge in [0.05, 0.1) is 17.7 Å². The number of benzene rings is 1. The lowest BCUT2D eigenvalue weighted by Crippen LogP contribution is -2.24. The SMILES string of the molecule is Cc1ccc(N(C)Cc2cscn2)c(CNC(C)C)c1. The van der Waals surface area contributed by atoms with Gasteiger partial charge in [0.15, 0.2) is 0 Å². The van der Waals surface area contributed by atoms with E-state index in [0.29, 0.717) is 6.04 Å². The molecule has 1 aromatic carbocycles. The van der Waals surface area contributed by atoms with E-state index in [0.717, 1.165) is 18.8 Å². The summed E-state index contributed by atoms with van der Waals surface area (Å²) >= 11 is 1.65. The number of nitrogens with one attached hydrogen (secondary N) is 1. The van der Waals surface area contributed by atoms with E-state index in [4.69, 9.17) is 0 Å². The van der Waals surface area contributed by atoms with E-state index in [-0.39, 0.29) is 0 Å². The van der Waals surface area contributed by atoms with Gasteiger partial charge in [-0.1, -0.05) is 31.5 Å². The van der Waals surface area contributed by atoms with Gasteiger partial charge in [0.1, 0.15) is 0 Å². The highest BCUT2D eigenvalue weighted by Gasteiger charge is 2.09. The number of thiazole rings is 1. The molecule has 1 heterocycles. The third-order valence-corrected chi connectivity index (χ3v) is 3.86. The van der Waals surface area contributed by atoms with E-state index < -0.39 is 0 Å². The lowest BCUT2D eigenvalue weighted by atomic mass is 10.1. The van der Waals surface area contributed by atoms with E-state index in [1.807, 2.05) is 5.51 Å². The Balaban J connectivity index is 2.16. The molecular weight excluding hydrogens is 266 g/mol. The van der Waals surface area contributed by atoms with Crippen molar-refractivity contribution >= 4 is 17.0 Å². The highest BCUT2D eigenvalue weighted by atomic mass is 32.1. The van der Waals surface area contributed by atoms with Crippen molar-refractivity contribution in [2.45, 2.75) is 39.9 Å². The van der Waals surface area contributed by atoms with Gasteiger partial charge in [-0.2, -0.15) is 0 Å². The molecule has 4 heteroatoms. The standard InChI is InChI=1S/C16H23N3S/c1-12(2)17-8-14-7-13(3)5-6-16(14)19(4)9-15-10-20-11-18-15/h5-7,10-12,17H,8-9H2,1-4H3. The summed E-state index contributed by atoms with van der Waals surface area (Å²) in [5, 5.41) is 5.61. The van der Waals surface area contributed by atoms with Crippen LogP contribution in [0.3, 0.4) is 0 Å². The van der Waals surface area contributed by atoms with Crippen LogP contribution in [0.5, 0.6) is 0 Å². The molecule has 2 rings (SSSR count). The fourth-order valence-corrected chi connectivity index (χ4v) is 2.74. The summed E-state index contributed by atoms with van der Waals surface area (Å²) < 4.78 is 0. The summed E-state index contributed by atoms with van der Waals surface area (Å²) in [5.41, 5.74) is 6.94. The highest BCUT2D eigenvalue weighted by Crippen LogP contribution is 2.22. The summed E-state index contributed by atoms with van der Waals surface area (Å²) in [6, 6.07) is 7.14. The fourth-order valence-electron chi connectivity index (χ4n) is 2.19. The number of hydrogen-bond acceptors (Lipinski definition) is 4. The van der Waals surface area contributed by atoms with Crippen molar-refractivity contribution in [3.05, 3.63) is 45.9 Å². The molecule has 0 aliphatic rings. The summed E-state index contributed by atoms with van der Waals surface area (Å²) in [4.78, 5) is 6.63. The molecule has 20 heavy (non-hydrogen) atoms. The molecule has 0 saturated carbocycles. The zero-order valence-electron chi connectivity index (χ0n) is 12.7. The van der Waals surface area contributed by atoms with Crippen LogP contribution in [0, 0.1) is 6.92 Å². The molecule has 108 valence electrons. The van der Waals surface area contributed by atoms with Crippen molar-refractivity contribution in [3.63, 3.8) is 0 Å². The molecule has 1 N–H and O–H groups in total. The molecule has 0 radical (unpaired) electrons. The number of rotatable bonds is 6. The largest absolute Gasteiger partial charge is 0.368 e. The summed E-state index contributed by atoms with van der Waals surface area (Å²) in [5.74, 6) is 0. The molecule has 0 fully saturated rings. The third kappa shape index (κ3) is 4.05. The number of hydrogen-bond donors (Lipinski definition) is 1. The van der Waals surface area contributed by atoms with Gasteiger partial charge in [0.25, 0.3) is 0 Å². The maximum atomic E-state index is 4.36. The minimum Gasteiger partial charge on any atom is -0.368 e. The van der Waals surface area contributed by atoms with Crippen LogP contribution in [0.2, 0.25) is 0 Å². The molecule has 0 unspecified atom stereocenters. The van der Waals surface area contributed by atoms with Crippen LogP contribution in [-0.4, -0.2) is 18.1 Å². The summed E-state index contributed by atoms with van der Waals surface area (Å²) in [7, 11) is 2.13. The Hall–Kier alpha value is -1.39. The Morgan fingerprint density at radius 1 is 1.35 bits per heavy atom. The monoisotopic (exact) mass is 289 g/mol. The molecular formula is C16H23N3S. The van der Waals surface area contributed by atoms with Gasteiger partial charge >= 0.3 is 0 Å². The Bertz CT molecular complexity index is 535. The average Bonchev–Trinajstić information content (AvgIpc) is 2.89. The number of aromatic nitrogens is 1. The molecule has 0 aliphatic carbocycles. The second-order valence-electron chi connectivity index (χ2n) is 5.50. The average molecular weight is 289 g/mol. The quantitative estimate of drug-likeness (QED) is 0.881. The molecule has 0 amide bonds. The van der Waals surface area contributed by atoms with Crippen molar-refractivity contribution in [3.8, 4) is 0 Å². The lowest BCUT2D eigenvalue weighted by molar-refractivity contribution is 0.588. The first-order valence-corrected chi connectivity index (χ1v) is 7.91. The van der Waals surface area contributed by atoms with Crippen LogP contribution in [0.25, 0.3) is 0 Å². The molecule has 0 saturated heterocycles. The Labute approximate surface area is 125 Å². The molecule has 0 aliphatic heterocycles. The molecule has 2 aromatic rings. The molecule has 1 aromatic heterocycles. The van der Waals surface area contributed by atoms with Crippen molar-refractivity contribution in [1.82, 2.24) is 10.3 Å². The zero-order valence-corrected chi connectivity index (χ0v) is 13.5. The Morgan fingerprint density at radius 2 is 2.15 bits per heavy atom.